The number of aromatic nitrogens is 1. The Morgan fingerprint density at radius 2 is 2.05 bits per heavy atom. The number of pyridine rings is 1. The maximum atomic E-state index is 13.7. The Bertz CT molecular complexity index is 543. The lowest BCUT2D eigenvalue weighted by atomic mass is 10.2. The van der Waals surface area contributed by atoms with Gasteiger partial charge in [-0.15, -0.1) is 11.3 Å². The van der Waals surface area contributed by atoms with E-state index >= 15 is 0 Å². The monoisotopic (exact) mass is 283 g/mol. The Morgan fingerprint density at radius 1 is 1.32 bits per heavy atom. The molecule has 0 saturated carbocycles. The van der Waals surface area contributed by atoms with Gasteiger partial charge >= 0.3 is 0 Å². The molecule has 2 heterocycles. The van der Waals surface area contributed by atoms with Gasteiger partial charge in [0.2, 0.25) is 0 Å². The molecule has 1 unspecified atom stereocenters. The number of anilines is 2. The minimum atomic E-state index is -0.699. The number of halogens is 2. The van der Waals surface area contributed by atoms with Crippen molar-refractivity contribution in [2.24, 2.45) is 0 Å². The minimum Gasteiger partial charge on any atom is -0.371 e. The van der Waals surface area contributed by atoms with Crippen LogP contribution in [0.3, 0.4) is 0 Å². The van der Waals surface area contributed by atoms with Crippen molar-refractivity contribution in [2.45, 2.75) is 19.4 Å². The van der Waals surface area contributed by atoms with Gasteiger partial charge in [0.25, 0.3) is 0 Å². The van der Waals surface area contributed by atoms with Gasteiger partial charge in [-0.3, -0.25) is 0 Å². The molecule has 19 heavy (non-hydrogen) atoms. The summed E-state index contributed by atoms with van der Waals surface area (Å²) in [5.74, 6) is -1.29. The van der Waals surface area contributed by atoms with Crippen molar-refractivity contribution in [3.63, 3.8) is 0 Å². The SMILES string of the molecule is CCC(Nc1nc(NC)c(F)cc1F)c1cccs1. The van der Waals surface area contributed by atoms with Gasteiger partial charge < -0.3 is 10.6 Å². The first-order chi connectivity index (χ1) is 9.15. The summed E-state index contributed by atoms with van der Waals surface area (Å²) in [5, 5.41) is 7.58. The van der Waals surface area contributed by atoms with E-state index in [0.29, 0.717) is 0 Å². The quantitative estimate of drug-likeness (QED) is 0.870. The van der Waals surface area contributed by atoms with Crippen LogP contribution in [-0.2, 0) is 0 Å². The summed E-state index contributed by atoms with van der Waals surface area (Å²) in [6.07, 6.45) is 0.786. The number of thiophene rings is 1. The van der Waals surface area contributed by atoms with E-state index in [2.05, 4.69) is 15.6 Å². The van der Waals surface area contributed by atoms with Gasteiger partial charge in [-0.25, -0.2) is 13.8 Å². The summed E-state index contributed by atoms with van der Waals surface area (Å²) < 4.78 is 27.0. The molecule has 2 N–H and O–H groups in total. The van der Waals surface area contributed by atoms with E-state index in [9.17, 15) is 8.78 Å². The molecule has 1 atom stereocenters. The third-order valence-corrected chi connectivity index (χ3v) is 3.76. The minimum absolute atomic E-state index is 0.0304. The Hall–Kier alpha value is -1.69. The third-order valence-electron chi connectivity index (χ3n) is 2.77. The molecule has 2 aromatic rings. The first-order valence-corrected chi connectivity index (χ1v) is 6.87. The fraction of sp³-hybridized carbons (Fsp3) is 0.308. The normalized spacial score (nSPS) is 12.2. The molecule has 0 radical (unpaired) electrons. The zero-order chi connectivity index (χ0) is 13.8. The van der Waals surface area contributed by atoms with E-state index in [0.717, 1.165) is 17.4 Å². The number of nitrogens with one attached hydrogen (secondary N) is 2. The standard InChI is InChI=1S/C13H15F2N3S/c1-3-10(11-5-4-6-19-11)17-13-9(15)7-8(14)12(16-2)18-13/h4-7,10H,3H2,1-2H3,(H2,16,17,18). The molecule has 0 aliphatic heterocycles. The topological polar surface area (TPSA) is 37.0 Å². The van der Waals surface area contributed by atoms with Crippen LogP contribution >= 0.6 is 11.3 Å². The molecule has 0 saturated heterocycles. The molecule has 102 valence electrons. The third kappa shape index (κ3) is 3.01. The summed E-state index contributed by atoms with van der Waals surface area (Å²) in [5.41, 5.74) is 0. The molecule has 0 aliphatic carbocycles. The second-order valence-corrected chi connectivity index (χ2v) is 5.00. The van der Waals surface area contributed by atoms with Crippen molar-refractivity contribution < 1.29 is 8.78 Å². The molecule has 0 spiro atoms. The fourth-order valence-electron chi connectivity index (χ4n) is 1.77. The number of hydrogen-bond acceptors (Lipinski definition) is 4. The van der Waals surface area contributed by atoms with E-state index in [-0.39, 0.29) is 17.7 Å². The Kier molecular flexibility index (Phi) is 4.31. The first kappa shape index (κ1) is 13.7. The van der Waals surface area contributed by atoms with Gasteiger partial charge in [0.05, 0.1) is 6.04 Å². The predicted molar refractivity (Wildman–Crippen MR) is 74.7 cm³/mol. The van der Waals surface area contributed by atoms with Crippen LogP contribution in [0.2, 0.25) is 0 Å². The summed E-state index contributed by atoms with van der Waals surface area (Å²) in [6, 6.07) is 4.73. The maximum absolute atomic E-state index is 13.7. The van der Waals surface area contributed by atoms with Gasteiger partial charge in [0, 0.05) is 18.0 Å². The number of hydrogen-bond donors (Lipinski definition) is 2. The lowest BCUT2D eigenvalue weighted by Gasteiger charge is -2.17. The maximum Gasteiger partial charge on any atom is 0.168 e. The Labute approximate surface area is 114 Å². The Morgan fingerprint density at radius 3 is 2.63 bits per heavy atom. The molecular weight excluding hydrogens is 268 g/mol. The summed E-state index contributed by atoms with van der Waals surface area (Å²) in [7, 11) is 1.55. The molecule has 2 aromatic heterocycles. The highest BCUT2D eigenvalue weighted by molar-refractivity contribution is 7.10. The smallest absolute Gasteiger partial charge is 0.168 e. The lowest BCUT2D eigenvalue weighted by molar-refractivity contribution is 0.575. The zero-order valence-electron chi connectivity index (χ0n) is 10.7. The predicted octanol–water partition coefficient (Wildman–Crippen LogP) is 4.03. The van der Waals surface area contributed by atoms with Crippen LogP contribution in [0.4, 0.5) is 20.4 Å². The van der Waals surface area contributed by atoms with Crippen molar-refractivity contribution in [3.8, 4) is 0 Å². The van der Waals surface area contributed by atoms with Crippen molar-refractivity contribution in [1.82, 2.24) is 4.98 Å². The highest BCUT2D eigenvalue weighted by Gasteiger charge is 2.16. The molecule has 0 amide bonds. The first-order valence-electron chi connectivity index (χ1n) is 5.99. The highest BCUT2D eigenvalue weighted by Crippen LogP contribution is 2.27. The van der Waals surface area contributed by atoms with Crippen LogP contribution in [0.5, 0.6) is 0 Å². The van der Waals surface area contributed by atoms with Crippen LogP contribution in [-0.4, -0.2) is 12.0 Å². The lowest BCUT2D eigenvalue weighted by Crippen LogP contribution is -2.12. The van der Waals surface area contributed by atoms with Gasteiger partial charge in [0.1, 0.15) is 0 Å². The van der Waals surface area contributed by atoms with Gasteiger partial charge in [0.15, 0.2) is 23.3 Å². The molecular formula is C13H15F2N3S. The molecule has 0 fully saturated rings. The molecule has 0 bridgehead atoms. The largest absolute Gasteiger partial charge is 0.371 e. The van der Waals surface area contributed by atoms with E-state index in [1.54, 1.807) is 18.4 Å². The van der Waals surface area contributed by atoms with Crippen LogP contribution in [0.1, 0.15) is 24.3 Å². The van der Waals surface area contributed by atoms with E-state index in [1.807, 2.05) is 24.4 Å². The highest BCUT2D eigenvalue weighted by atomic mass is 32.1. The van der Waals surface area contributed by atoms with Crippen molar-refractivity contribution in [3.05, 3.63) is 40.1 Å². The zero-order valence-corrected chi connectivity index (χ0v) is 11.5. The molecule has 2 rings (SSSR count). The van der Waals surface area contributed by atoms with Gasteiger partial charge in [-0.2, -0.15) is 0 Å². The summed E-state index contributed by atoms with van der Waals surface area (Å²) >= 11 is 1.59. The van der Waals surface area contributed by atoms with Crippen molar-refractivity contribution >= 4 is 23.0 Å². The summed E-state index contributed by atoms with van der Waals surface area (Å²) in [6.45, 7) is 2.00. The second kappa shape index (κ2) is 5.97. The molecule has 6 heteroatoms. The van der Waals surface area contributed by atoms with E-state index in [1.165, 1.54) is 0 Å². The van der Waals surface area contributed by atoms with Crippen LogP contribution < -0.4 is 10.6 Å². The molecule has 0 aliphatic rings. The number of nitrogens with zero attached hydrogens (tertiary/aromatic N) is 1. The van der Waals surface area contributed by atoms with E-state index in [4.69, 9.17) is 0 Å². The van der Waals surface area contributed by atoms with Crippen molar-refractivity contribution in [1.29, 1.82) is 0 Å². The molecule has 3 nitrogen and oxygen atoms in total. The average Bonchev–Trinajstić information content (AvgIpc) is 2.92. The van der Waals surface area contributed by atoms with Crippen molar-refractivity contribution in [2.75, 3.05) is 17.7 Å². The van der Waals surface area contributed by atoms with Gasteiger partial charge in [-0.1, -0.05) is 13.0 Å². The van der Waals surface area contributed by atoms with Crippen LogP contribution in [0.15, 0.2) is 23.6 Å². The fourth-order valence-corrected chi connectivity index (χ4v) is 2.63. The second-order valence-electron chi connectivity index (χ2n) is 4.02. The summed E-state index contributed by atoms with van der Waals surface area (Å²) in [4.78, 5) is 5.02. The van der Waals surface area contributed by atoms with E-state index < -0.39 is 11.6 Å². The molecule has 0 aromatic carbocycles. The average molecular weight is 283 g/mol. The Balaban J connectivity index is 2.27. The van der Waals surface area contributed by atoms with Crippen LogP contribution in [0, 0.1) is 11.6 Å². The van der Waals surface area contributed by atoms with Gasteiger partial charge in [-0.05, 0) is 17.9 Å². The van der Waals surface area contributed by atoms with Crippen LogP contribution in [0.25, 0.3) is 0 Å². The number of rotatable bonds is 5.